The van der Waals surface area contributed by atoms with Gasteiger partial charge in [0.15, 0.2) is 11.5 Å². The van der Waals surface area contributed by atoms with Crippen LogP contribution in [0.3, 0.4) is 0 Å². The molecule has 0 aliphatic rings. The number of halogens is 2. The van der Waals surface area contributed by atoms with Crippen molar-refractivity contribution in [3.8, 4) is 11.5 Å². The lowest BCUT2D eigenvalue weighted by atomic mass is 10.1. The first-order chi connectivity index (χ1) is 14.2. The Balaban J connectivity index is 0.00000320. The summed E-state index contributed by atoms with van der Waals surface area (Å²) in [6.45, 7) is 3.33. The van der Waals surface area contributed by atoms with Crippen molar-refractivity contribution in [3.05, 3.63) is 94.5 Å². The lowest BCUT2D eigenvalue weighted by Crippen LogP contribution is -2.26. The molecule has 30 heavy (non-hydrogen) atoms. The Kier molecular flexibility index (Phi) is 10.0. The van der Waals surface area contributed by atoms with E-state index in [1.165, 1.54) is 5.56 Å². The number of nitrogens with one attached hydrogen (secondary N) is 1. The standard InChI is InChI=1S/C25H28ClNO2.ClH/c1-19(15-16-20-9-4-3-5-10-20)27-17-21-12-8-14-24(28-2)25(21)29-18-22-11-6-7-13-23(22)26;/h3-14,19,27H,15-18H2,1-2H3;1H. The van der Waals surface area contributed by atoms with Crippen LogP contribution < -0.4 is 14.8 Å². The molecule has 0 aliphatic carbocycles. The molecule has 0 bridgehead atoms. The fraction of sp³-hybridized carbons (Fsp3) is 0.280. The molecule has 3 aromatic rings. The fourth-order valence-electron chi connectivity index (χ4n) is 3.20. The maximum atomic E-state index is 6.27. The molecule has 160 valence electrons. The van der Waals surface area contributed by atoms with Gasteiger partial charge in [-0.1, -0.05) is 72.3 Å². The largest absolute Gasteiger partial charge is 0.493 e. The van der Waals surface area contributed by atoms with E-state index < -0.39 is 0 Å². The molecule has 1 N–H and O–H groups in total. The number of hydrogen-bond acceptors (Lipinski definition) is 3. The third-order valence-electron chi connectivity index (χ3n) is 4.96. The van der Waals surface area contributed by atoms with Gasteiger partial charge in [0.25, 0.3) is 0 Å². The van der Waals surface area contributed by atoms with Crippen LogP contribution in [0.2, 0.25) is 5.02 Å². The number of benzene rings is 3. The third kappa shape index (κ3) is 6.94. The smallest absolute Gasteiger partial charge is 0.166 e. The van der Waals surface area contributed by atoms with E-state index in [4.69, 9.17) is 21.1 Å². The van der Waals surface area contributed by atoms with E-state index in [1.807, 2.05) is 36.4 Å². The van der Waals surface area contributed by atoms with Gasteiger partial charge >= 0.3 is 0 Å². The zero-order valence-corrected chi connectivity index (χ0v) is 19.0. The highest BCUT2D eigenvalue weighted by atomic mass is 35.5. The number of para-hydroxylation sites is 1. The molecule has 0 spiro atoms. The summed E-state index contributed by atoms with van der Waals surface area (Å²) in [6.07, 6.45) is 2.13. The Morgan fingerprint density at radius 3 is 2.33 bits per heavy atom. The predicted molar refractivity (Wildman–Crippen MR) is 127 cm³/mol. The molecule has 0 radical (unpaired) electrons. The van der Waals surface area contributed by atoms with Crippen LogP contribution in [0.15, 0.2) is 72.8 Å². The quantitative estimate of drug-likeness (QED) is 0.388. The summed E-state index contributed by atoms with van der Waals surface area (Å²) in [6, 6.07) is 24.7. The average Bonchev–Trinajstić information content (AvgIpc) is 2.76. The lowest BCUT2D eigenvalue weighted by molar-refractivity contribution is 0.280. The van der Waals surface area contributed by atoms with Gasteiger partial charge in [-0.2, -0.15) is 0 Å². The van der Waals surface area contributed by atoms with Gasteiger partial charge in [0.1, 0.15) is 6.61 Å². The molecule has 0 aliphatic heterocycles. The Bertz CT molecular complexity index is 903. The number of ether oxygens (including phenoxy) is 2. The molecular weight excluding hydrogens is 417 g/mol. The Hall–Kier alpha value is -2.20. The van der Waals surface area contributed by atoms with E-state index in [9.17, 15) is 0 Å². The van der Waals surface area contributed by atoms with Crippen LogP contribution in [0.4, 0.5) is 0 Å². The van der Waals surface area contributed by atoms with E-state index in [0.29, 0.717) is 24.2 Å². The zero-order valence-electron chi connectivity index (χ0n) is 17.4. The second-order valence-corrected chi connectivity index (χ2v) is 7.54. The molecule has 3 aromatic carbocycles. The van der Waals surface area contributed by atoms with E-state index in [2.05, 4.69) is 48.6 Å². The minimum atomic E-state index is 0. The second-order valence-electron chi connectivity index (χ2n) is 7.13. The van der Waals surface area contributed by atoms with Crippen molar-refractivity contribution in [3.63, 3.8) is 0 Å². The van der Waals surface area contributed by atoms with Crippen LogP contribution in [0, 0.1) is 0 Å². The molecule has 0 heterocycles. The molecule has 3 rings (SSSR count). The number of rotatable bonds is 10. The van der Waals surface area contributed by atoms with Gasteiger partial charge in [-0.15, -0.1) is 12.4 Å². The van der Waals surface area contributed by atoms with Gasteiger partial charge < -0.3 is 14.8 Å². The molecule has 1 atom stereocenters. The first-order valence-electron chi connectivity index (χ1n) is 9.96. The summed E-state index contributed by atoms with van der Waals surface area (Å²) >= 11 is 6.27. The molecule has 1 unspecified atom stereocenters. The minimum absolute atomic E-state index is 0. The second kappa shape index (κ2) is 12.5. The predicted octanol–water partition coefficient (Wildman–Crippen LogP) is 6.46. The van der Waals surface area contributed by atoms with E-state index >= 15 is 0 Å². The third-order valence-corrected chi connectivity index (χ3v) is 5.33. The highest BCUT2D eigenvalue weighted by Gasteiger charge is 2.13. The molecular formula is C25H29Cl2NO2. The van der Waals surface area contributed by atoms with E-state index in [-0.39, 0.29) is 12.4 Å². The summed E-state index contributed by atoms with van der Waals surface area (Å²) in [4.78, 5) is 0. The van der Waals surface area contributed by atoms with Crippen LogP contribution in [0.1, 0.15) is 30.0 Å². The summed E-state index contributed by atoms with van der Waals surface area (Å²) in [5, 5.41) is 4.31. The number of aryl methyl sites for hydroxylation is 1. The minimum Gasteiger partial charge on any atom is -0.493 e. The lowest BCUT2D eigenvalue weighted by Gasteiger charge is -2.18. The highest BCUT2D eigenvalue weighted by Crippen LogP contribution is 2.32. The zero-order chi connectivity index (χ0) is 20.5. The molecule has 0 fully saturated rings. The van der Waals surface area contributed by atoms with Gasteiger partial charge in [-0.3, -0.25) is 0 Å². The molecule has 5 heteroatoms. The van der Waals surface area contributed by atoms with Crippen LogP contribution in [0.5, 0.6) is 11.5 Å². The monoisotopic (exact) mass is 445 g/mol. The van der Waals surface area contributed by atoms with Crippen LogP contribution >= 0.6 is 24.0 Å². The van der Waals surface area contributed by atoms with Crippen molar-refractivity contribution in [2.75, 3.05) is 7.11 Å². The van der Waals surface area contributed by atoms with Gasteiger partial charge in [0.2, 0.25) is 0 Å². The maximum Gasteiger partial charge on any atom is 0.166 e. The number of methoxy groups -OCH3 is 1. The Labute approximate surface area is 190 Å². The normalized spacial score (nSPS) is 11.4. The van der Waals surface area contributed by atoms with Gasteiger partial charge in [0.05, 0.1) is 7.11 Å². The van der Waals surface area contributed by atoms with Crippen molar-refractivity contribution in [1.82, 2.24) is 5.32 Å². The van der Waals surface area contributed by atoms with Crippen LogP contribution in [-0.2, 0) is 19.6 Å². The van der Waals surface area contributed by atoms with Crippen molar-refractivity contribution < 1.29 is 9.47 Å². The summed E-state index contributed by atoms with van der Waals surface area (Å²) in [7, 11) is 1.66. The van der Waals surface area contributed by atoms with Crippen molar-refractivity contribution >= 4 is 24.0 Å². The molecule has 0 saturated carbocycles. The Morgan fingerprint density at radius 1 is 0.900 bits per heavy atom. The highest BCUT2D eigenvalue weighted by molar-refractivity contribution is 6.31. The first-order valence-corrected chi connectivity index (χ1v) is 10.3. The van der Waals surface area contributed by atoms with Gasteiger partial charge in [-0.25, -0.2) is 0 Å². The molecule has 0 saturated heterocycles. The molecule has 0 aromatic heterocycles. The molecule has 0 amide bonds. The topological polar surface area (TPSA) is 30.5 Å². The SMILES string of the molecule is COc1cccc(CNC(C)CCc2ccccc2)c1OCc1ccccc1Cl.Cl. The number of hydrogen-bond donors (Lipinski definition) is 1. The average molecular weight is 446 g/mol. The van der Waals surface area contributed by atoms with Crippen molar-refractivity contribution in [2.24, 2.45) is 0 Å². The summed E-state index contributed by atoms with van der Waals surface area (Å²) < 4.78 is 11.7. The maximum absolute atomic E-state index is 6.27. The van der Waals surface area contributed by atoms with Crippen molar-refractivity contribution in [2.45, 2.75) is 39.0 Å². The van der Waals surface area contributed by atoms with Crippen LogP contribution in [0.25, 0.3) is 0 Å². The van der Waals surface area contributed by atoms with Crippen molar-refractivity contribution in [1.29, 1.82) is 0 Å². The summed E-state index contributed by atoms with van der Waals surface area (Å²) in [5.41, 5.74) is 3.39. The van der Waals surface area contributed by atoms with Crippen LogP contribution in [-0.4, -0.2) is 13.2 Å². The molecule has 3 nitrogen and oxygen atoms in total. The van der Waals surface area contributed by atoms with E-state index in [1.54, 1.807) is 7.11 Å². The van der Waals surface area contributed by atoms with E-state index in [0.717, 1.165) is 35.5 Å². The van der Waals surface area contributed by atoms with Gasteiger partial charge in [-0.05, 0) is 37.5 Å². The summed E-state index contributed by atoms with van der Waals surface area (Å²) in [5.74, 6) is 1.49. The van der Waals surface area contributed by atoms with Gasteiger partial charge in [0, 0.05) is 28.7 Å². The fourth-order valence-corrected chi connectivity index (χ4v) is 3.39. The Morgan fingerprint density at radius 2 is 1.60 bits per heavy atom. The first kappa shape index (κ1) is 24.1.